The number of nitrogens with one attached hydrogen (secondary N) is 2. The zero-order valence-electron chi connectivity index (χ0n) is 10.4. The van der Waals surface area contributed by atoms with Crippen molar-refractivity contribution in [1.82, 2.24) is 25.4 Å². The molecule has 0 aliphatic carbocycles. The summed E-state index contributed by atoms with van der Waals surface area (Å²) in [6.07, 6.45) is 1.34. The molecule has 104 valence electrons. The zero-order valence-corrected chi connectivity index (χ0v) is 10.4. The highest BCUT2D eigenvalue weighted by atomic mass is 16.5. The fraction of sp³-hybridized carbons (Fsp3) is 0.600. The molecule has 9 heteroatoms. The molecule has 2 atom stereocenters. The van der Waals surface area contributed by atoms with Crippen LogP contribution in [-0.2, 0) is 16.1 Å². The van der Waals surface area contributed by atoms with Gasteiger partial charge in [-0.05, 0) is 0 Å². The Morgan fingerprint density at radius 2 is 2.42 bits per heavy atom. The second-order valence-corrected chi connectivity index (χ2v) is 4.25. The molecule has 1 aliphatic rings. The summed E-state index contributed by atoms with van der Waals surface area (Å²) in [4.78, 5) is 28.1. The molecule has 2 rings (SSSR count). The molecule has 0 aromatic carbocycles. The number of urea groups is 1. The normalized spacial score (nSPS) is 22.2. The summed E-state index contributed by atoms with van der Waals surface area (Å²) < 4.78 is 5.12. The van der Waals surface area contributed by atoms with Gasteiger partial charge < -0.3 is 20.1 Å². The van der Waals surface area contributed by atoms with Crippen LogP contribution in [0, 0.1) is 5.92 Å². The summed E-state index contributed by atoms with van der Waals surface area (Å²) in [5.41, 5.74) is 0. The first-order valence-corrected chi connectivity index (χ1v) is 5.75. The number of H-pyrrole nitrogens is 1. The molecule has 1 aromatic heterocycles. The number of amides is 2. The fourth-order valence-electron chi connectivity index (χ4n) is 1.91. The summed E-state index contributed by atoms with van der Waals surface area (Å²) >= 11 is 0. The van der Waals surface area contributed by atoms with Gasteiger partial charge in [-0.3, -0.25) is 9.89 Å². The van der Waals surface area contributed by atoms with Crippen molar-refractivity contribution < 1.29 is 19.4 Å². The average molecular weight is 269 g/mol. The molecule has 2 heterocycles. The van der Waals surface area contributed by atoms with Crippen molar-refractivity contribution >= 4 is 12.0 Å². The Balaban J connectivity index is 1.89. The Kier molecular flexibility index (Phi) is 3.95. The summed E-state index contributed by atoms with van der Waals surface area (Å²) in [7, 11) is 1.55. The van der Waals surface area contributed by atoms with Gasteiger partial charge >= 0.3 is 12.0 Å². The number of carboxylic acids is 1. The van der Waals surface area contributed by atoms with Crippen LogP contribution >= 0.6 is 0 Å². The topological polar surface area (TPSA) is 120 Å². The van der Waals surface area contributed by atoms with E-state index in [0.29, 0.717) is 5.82 Å². The number of ether oxygens (including phenoxy) is 1. The van der Waals surface area contributed by atoms with Gasteiger partial charge in [0.2, 0.25) is 0 Å². The highest BCUT2D eigenvalue weighted by Crippen LogP contribution is 2.18. The minimum atomic E-state index is -0.961. The lowest BCUT2D eigenvalue weighted by Crippen LogP contribution is -2.48. The van der Waals surface area contributed by atoms with E-state index in [1.165, 1.54) is 11.2 Å². The smallest absolute Gasteiger partial charge is 0.317 e. The molecule has 3 N–H and O–H groups in total. The first-order chi connectivity index (χ1) is 9.09. The maximum atomic E-state index is 11.9. The van der Waals surface area contributed by atoms with Crippen molar-refractivity contribution in [1.29, 1.82) is 0 Å². The quantitative estimate of drug-likeness (QED) is 0.647. The van der Waals surface area contributed by atoms with Gasteiger partial charge in [0.25, 0.3) is 0 Å². The predicted octanol–water partition coefficient (Wildman–Crippen LogP) is -0.954. The SMILES string of the molecule is CN(C(=O)NCc1ncn[nH]1)C1COCC1C(=O)O. The Morgan fingerprint density at radius 1 is 1.63 bits per heavy atom. The number of aromatic nitrogens is 3. The molecule has 19 heavy (non-hydrogen) atoms. The Hall–Kier alpha value is -2.16. The lowest BCUT2D eigenvalue weighted by Gasteiger charge is -2.26. The van der Waals surface area contributed by atoms with Crippen molar-refractivity contribution in [2.45, 2.75) is 12.6 Å². The van der Waals surface area contributed by atoms with Crippen LogP contribution < -0.4 is 5.32 Å². The van der Waals surface area contributed by atoms with Gasteiger partial charge in [0.15, 0.2) is 0 Å². The molecule has 2 amide bonds. The van der Waals surface area contributed by atoms with Gasteiger partial charge in [-0.25, -0.2) is 9.78 Å². The molecular weight excluding hydrogens is 254 g/mol. The molecule has 1 aromatic rings. The van der Waals surface area contributed by atoms with Crippen LogP contribution in [0.15, 0.2) is 6.33 Å². The monoisotopic (exact) mass is 269 g/mol. The third-order valence-corrected chi connectivity index (χ3v) is 3.06. The number of aliphatic carboxylic acids is 1. The first-order valence-electron chi connectivity index (χ1n) is 5.75. The zero-order chi connectivity index (χ0) is 13.8. The number of hydrogen-bond acceptors (Lipinski definition) is 5. The standard InChI is InChI=1S/C10H15N5O4/c1-15(7-4-19-3-6(7)9(16)17)10(18)11-2-8-12-5-13-14-8/h5-7H,2-4H2,1H3,(H,11,18)(H,16,17)(H,12,13,14). The summed E-state index contributed by atoms with van der Waals surface area (Å²) in [5.74, 6) is -1.13. The number of aromatic amines is 1. The molecule has 0 bridgehead atoms. The van der Waals surface area contributed by atoms with E-state index in [1.807, 2.05) is 0 Å². The molecule has 0 spiro atoms. The molecule has 0 saturated carbocycles. The number of carbonyl (C=O) groups is 2. The van der Waals surface area contributed by atoms with Gasteiger partial charge in [0.1, 0.15) is 18.1 Å². The van der Waals surface area contributed by atoms with Gasteiger partial charge in [0.05, 0.1) is 25.8 Å². The van der Waals surface area contributed by atoms with Crippen molar-refractivity contribution in [3.63, 3.8) is 0 Å². The van der Waals surface area contributed by atoms with Crippen LogP contribution in [0.2, 0.25) is 0 Å². The Labute approximate surface area is 109 Å². The Bertz CT molecular complexity index is 449. The number of carboxylic acid groups (broad SMARTS) is 1. The van der Waals surface area contributed by atoms with E-state index in [-0.39, 0.29) is 25.8 Å². The van der Waals surface area contributed by atoms with Gasteiger partial charge in [-0.2, -0.15) is 5.10 Å². The van der Waals surface area contributed by atoms with Gasteiger partial charge in [0, 0.05) is 7.05 Å². The minimum Gasteiger partial charge on any atom is -0.481 e. The second-order valence-electron chi connectivity index (χ2n) is 4.25. The van der Waals surface area contributed by atoms with E-state index in [2.05, 4.69) is 20.5 Å². The number of likely N-dealkylation sites (N-methyl/N-ethyl adjacent to an activating group) is 1. The largest absolute Gasteiger partial charge is 0.481 e. The number of hydrogen-bond donors (Lipinski definition) is 3. The number of carbonyl (C=O) groups excluding carboxylic acids is 1. The van der Waals surface area contributed by atoms with Crippen molar-refractivity contribution in [3.8, 4) is 0 Å². The molecule has 0 radical (unpaired) electrons. The minimum absolute atomic E-state index is 0.125. The summed E-state index contributed by atoms with van der Waals surface area (Å²) in [6.45, 7) is 0.553. The Morgan fingerprint density at radius 3 is 3.05 bits per heavy atom. The van der Waals surface area contributed by atoms with Crippen LogP contribution in [-0.4, -0.2) is 63.5 Å². The van der Waals surface area contributed by atoms with Gasteiger partial charge in [-0.15, -0.1) is 0 Å². The van der Waals surface area contributed by atoms with E-state index < -0.39 is 17.9 Å². The summed E-state index contributed by atoms with van der Waals surface area (Å²) in [5, 5.41) is 17.9. The van der Waals surface area contributed by atoms with Crippen LogP contribution in [0.1, 0.15) is 5.82 Å². The van der Waals surface area contributed by atoms with Crippen molar-refractivity contribution in [2.24, 2.45) is 5.92 Å². The van der Waals surface area contributed by atoms with Crippen molar-refractivity contribution in [3.05, 3.63) is 12.2 Å². The lowest BCUT2D eigenvalue weighted by molar-refractivity contribution is -0.142. The fourth-order valence-corrected chi connectivity index (χ4v) is 1.91. The summed E-state index contributed by atoms with van der Waals surface area (Å²) in [6, 6.07) is -0.842. The molecule has 1 fully saturated rings. The molecule has 1 saturated heterocycles. The third-order valence-electron chi connectivity index (χ3n) is 3.06. The van der Waals surface area contributed by atoms with Crippen LogP contribution in [0.4, 0.5) is 4.79 Å². The average Bonchev–Trinajstić information content (AvgIpc) is 3.05. The maximum Gasteiger partial charge on any atom is 0.317 e. The van der Waals surface area contributed by atoms with E-state index in [4.69, 9.17) is 9.84 Å². The lowest BCUT2D eigenvalue weighted by atomic mass is 10.0. The van der Waals surface area contributed by atoms with Crippen molar-refractivity contribution in [2.75, 3.05) is 20.3 Å². The van der Waals surface area contributed by atoms with E-state index >= 15 is 0 Å². The number of rotatable bonds is 4. The van der Waals surface area contributed by atoms with Gasteiger partial charge in [-0.1, -0.05) is 0 Å². The van der Waals surface area contributed by atoms with Crippen LogP contribution in [0.3, 0.4) is 0 Å². The maximum absolute atomic E-state index is 11.9. The van der Waals surface area contributed by atoms with Crippen LogP contribution in [0.25, 0.3) is 0 Å². The molecule has 1 aliphatic heterocycles. The third kappa shape index (κ3) is 2.99. The number of nitrogens with zero attached hydrogens (tertiary/aromatic N) is 3. The van der Waals surface area contributed by atoms with Crippen LogP contribution in [0.5, 0.6) is 0 Å². The van der Waals surface area contributed by atoms with E-state index in [1.54, 1.807) is 7.05 Å². The predicted molar refractivity (Wildman–Crippen MR) is 62.1 cm³/mol. The molecule has 9 nitrogen and oxygen atoms in total. The molecule has 2 unspecified atom stereocenters. The highest BCUT2D eigenvalue weighted by Gasteiger charge is 2.38. The van der Waals surface area contributed by atoms with E-state index in [9.17, 15) is 9.59 Å². The molecular formula is C10H15N5O4. The second kappa shape index (κ2) is 5.65. The van der Waals surface area contributed by atoms with E-state index in [0.717, 1.165) is 0 Å². The first kappa shape index (κ1) is 13.3. The highest BCUT2D eigenvalue weighted by molar-refractivity contribution is 5.77.